The second-order valence-electron chi connectivity index (χ2n) is 5.10. The summed E-state index contributed by atoms with van der Waals surface area (Å²) in [5, 5.41) is 2.96. The summed E-state index contributed by atoms with van der Waals surface area (Å²) in [6.45, 7) is 4.82. The van der Waals surface area contributed by atoms with Crippen molar-refractivity contribution < 1.29 is 17.9 Å². The number of halogens is 1. The van der Waals surface area contributed by atoms with Crippen molar-refractivity contribution in [3.05, 3.63) is 15.8 Å². The molecule has 1 N–H and O–H groups in total. The van der Waals surface area contributed by atoms with Gasteiger partial charge in [-0.05, 0) is 32.8 Å². The van der Waals surface area contributed by atoms with Crippen molar-refractivity contribution in [1.82, 2.24) is 5.32 Å². The summed E-state index contributed by atoms with van der Waals surface area (Å²) in [4.78, 5) is 13.1. The maximum Gasteiger partial charge on any atom is 0.262 e. The largest absolute Gasteiger partial charge is 0.381 e. The number of nitrogens with one attached hydrogen (secondary N) is 1. The molecule has 0 atom stereocenters. The van der Waals surface area contributed by atoms with Crippen LogP contribution >= 0.6 is 22.0 Å². The van der Waals surface area contributed by atoms with Crippen molar-refractivity contribution in [2.24, 2.45) is 0 Å². The zero-order valence-electron chi connectivity index (χ0n) is 11.2. The first-order valence-corrected chi connectivity index (χ1v) is 9.29. The van der Waals surface area contributed by atoms with E-state index in [2.05, 4.69) is 5.32 Å². The van der Waals surface area contributed by atoms with Crippen LogP contribution in [0.25, 0.3) is 0 Å². The highest BCUT2D eigenvalue weighted by molar-refractivity contribution is 8.13. The maximum absolute atomic E-state index is 12.2. The molecular weight excluding hydrogens is 322 g/mol. The number of thiophene rings is 1. The van der Waals surface area contributed by atoms with Crippen molar-refractivity contribution in [2.75, 3.05) is 13.2 Å². The Balaban J connectivity index is 2.18. The molecule has 0 spiro atoms. The summed E-state index contributed by atoms with van der Waals surface area (Å²) in [7, 11) is 1.52. The summed E-state index contributed by atoms with van der Waals surface area (Å²) in [5.41, 5.74) is -0.312. The van der Waals surface area contributed by atoms with Gasteiger partial charge < -0.3 is 10.1 Å². The van der Waals surface area contributed by atoms with Crippen LogP contribution < -0.4 is 5.32 Å². The third kappa shape index (κ3) is 3.52. The lowest BCUT2D eigenvalue weighted by molar-refractivity contribution is 0.0424. The van der Waals surface area contributed by atoms with E-state index in [0.29, 0.717) is 23.0 Å². The lowest BCUT2D eigenvalue weighted by Gasteiger charge is -2.34. The van der Waals surface area contributed by atoms with E-state index in [0.717, 1.165) is 24.2 Å². The average molecular weight is 338 g/mol. The lowest BCUT2D eigenvalue weighted by atomic mass is 9.92. The Morgan fingerprint density at radius 3 is 2.55 bits per heavy atom. The Bertz CT molecular complexity index is 617. The van der Waals surface area contributed by atoms with E-state index >= 15 is 0 Å². The molecule has 0 bridgehead atoms. The van der Waals surface area contributed by atoms with Gasteiger partial charge in [-0.25, -0.2) is 8.42 Å². The van der Waals surface area contributed by atoms with Crippen molar-refractivity contribution >= 4 is 37.0 Å². The van der Waals surface area contributed by atoms with Gasteiger partial charge in [0.25, 0.3) is 15.0 Å². The van der Waals surface area contributed by atoms with Crippen molar-refractivity contribution in [2.45, 2.75) is 37.1 Å². The van der Waals surface area contributed by atoms with E-state index in [4.69, 9.17) is 15.4 Å². The van der Waals surface area contributed by atoms with Gasteiger partial charge in [0.05, 0.1) is 9.77 Å². The fraction of sp³-hybridized carbons (Fsp3) is 0.583. The van der Waals surface area contributed by atoms with Crippen LogP contribution in [0.3, 0.4) is 0 Å². The summed E-state index contributed by atoms with van der Waals surface area (Å²) in [5.74, 6) is -0.269. The minimum Gasteiger partial charge on any atom is -0.381 e. The van der Waals surface area contributed by atoms with Crippen LogP contribution in [0.2, 0.25) is 0 Å². The van der Waals surface area contributed by atoms with Crippen LogP contribution in [0, 0.1) is 6.92 Å². The normalized spacial score (nSPS) is 18.8. The maximum atomic E-state index is 12.2. The molecule has 1 aliphatic rings. The molecule has 2 rings (SSSR count). The summed E-state index contributed by atoms with van der Waals surface area (Å²) >= 11 is 1.13. The van der Waals surface area contributed by atoms with Gasteiger partial charge in [0.15, 0.2) is 0 Å². The molecule has 0 radical (unpaired) electrons. The van der Waals surface area contributed by atoms with E-state index in [1.165, 1.54) is 6.07 Å². The van der Waals surface area contributed by atoms with E-state index in [9.17, 15) is 13.2 Å². The van der Waals surface area contributed by atoms with Crippen molar-refractivity contribution in [1.29, 1.82) is 0 Å². The first-order valence-electron chi connectivity index (χ1n) is 6.17. The molecule has 1 aromatic rings. The molecule has 0 unspecified atom stereocenters. The molecule has 20 heavy (non-hydrogen) atoms. The number of aryl methyl sites for hydroxylation is 1. The Morgan fingerprint density at radius 2 is 2.05 bits per heavy atom. The number of carbonyl (C=O) groups is 1. The number of carbonyl (C=O) groups excluding carboxylic acids is 1. The van der Waals surface area contributed by atoms with Gasteiger partial charge >= 0.3 is 0 Å². The fourth-order valence-corrected chi connectivity index (χ4v) is 4.66. The van der Waals surface area contributed by atoms with Gasteiger partial charge in [-0.2, -0.15) is 0 Å². The van der Waals surface area contributed by atoms with Crippen molar-refractivity contribution in [3.63, 3.8) is 0 Å². The molecule has 1 aliphatic heterocycles. The smallest absolute Gasteiger partial charge is 0.262 e. The molecule has 0 saturated carbocycles. The Labute approximate surface area is 126 Å². The number of hydrogen-bond acceptors (Lipinski definition) is 5. The first kappa shape index (κ1) is 15.8. The molecule has 0 aromatic carbocycles. The third-order valence-corrected chi connectivity index (χ3v) is 6.00. The minimum atomic E-state index is -3.81. The van der Waals surface area contributed by atoms with Crippen molar-refractivity contribution in [3.8, 4) is 0 Å². The van der Waals surface area contributed by atoms with Gasteiger partial charge in [-0.1, -0.05) is 0 Å². The molecule has 1 aromatic heterocycles. The van der Waals surface area contributed by atoms with Gasteiger partial charge in [-0.3, -0.25) is 4.79 Å². The second kappa shape index (κ2) is 5.63. The van der Waals surface area contributed by atoms with Crippen LogP contribution in [0.15, 0.2) is 11.0 Å². The topological polar surface area (TPSA) is 72.5 Å². The van der Waals surface area contributed by atoms with Gasteiger partial charge in [0, 0.05) is 34.3 Å². The van der Waals surface area contributed by atoms with Crippen LogP contribution in [0.1, 0.15) is 34.3 Å². The van der Waals surface area contributed by atoms with Crippen LogP contribution in [0.4, 0.5) is 0 Å². The predicted molar refractivity (Wildman–Crippen MR) is 78.0 cm³/mol. The predicted octanol–water partition coefficient (Wildman–Crippen LogP) is 2.28. The SMILES string of the molecule is Cc1sc(C(=O)NC2(C)CCOCC2)cc1S(=O)(=O)Cl. The molecule has 0 aliphatic carbocycles. The monoisotopic (exact) mass is 337 g/mol. The molecular formula is C12H16ClNO4S2. The molecule has 8 heteroatoms. The van der Waals surface area contributed by atoms with Crippen LogP contribution in [-0.2, 0) is 13.8 Å². The van der Waals surface area contributed by atoms with Gasteiger partial charge in [0.1, 0.15) is 0 Å². The third-order valence-electron chi connectivity index (χ3n) is 3.37. The van der Waals surface area contributed by atoms with Crippen LogP contribution in [0.5, 0.6) is 0 Å². The van der Waals surface area contributed by atoms with E-state index in [1.807, 2.05) is 6.92 Å². The molecule has 5 nitrogen and oxygen atoms in total. The zero-order valence-corrected chi connectivity index (χ0v) is 13.6. The number of hydrogen-bond donors (Lipinski definition) is 1. The Kier molecular flexibility index (Phi) is 4.44. The number of amides is 1. The van der Waals surface area contributed by atoms with E-state index in [1.54, 1.807) is 6.92 Å². The standard InChI is InChI=1S/C12H16ClNO4S2/c1-8-10(20(13,16)17)7-9(19-8)11(15)14-12(2)3-5-18-6-4-12/h7H,3-6H2,1-2H3,(H,14,15). The Morgan fingerprint density at radius 1 is 1.45 bits per heavy atom. The van der Waals surface area contributed by atoms with Gasteiger partial charge in [-0.15, -0.1) is 11.3 Å². The number of rotatable bonds is 3. The minimum absolute atomic E-state index is 0.00597. The zero-order chi connectivity index (χ0) is 15.0. The average Bonchev–Trinajstić information content (AvgIpc) is 2.71. The van der Waals surface area contributed by atoms with E-state index in [-0.39, 0.29) is 16.3 Å². The first-order chi connectivity index (χ1) is 9.21. The molecule has 112 valence electrons. The lowest BCUT2D eigenvalue weighted by Crippen LogP contribution is -2.49. The molecule has 1 amide bonds. The molecule has 1 fully saturated rings. The summed E-state index contributed by atoms with van der Waals surface area (Å²) in [6, 6.07) is 1.33. The highest BCUT2D eigenvalue weighted by Crippen LogP contribution is 2.29. The highest BCUT2D eigenvalue weighted by atomic mass is 35.7. The van der Waals surface area contributed by atoms with Gasteiger partial charge in [0.2, 0.25) is 0 Å². The Hall–Kier alpha value is -0.630. The number of ether oxygens (including phenoxy) is 1. The summed E-state index contributed by atoms with van der Waals surface area (Å²) in [6.07, 6.45) is 1.48. The van der Waals surface area contributed by atoms with E-state index < -0.39 is 9.05 Å². The molecule has 2 heterocycles. The second-order valence-corrected chi connectivity index (χ2v) is 8.89. The molecule has 1 saturated heterocycles. The highest BCUT2D eigenvalue weighted by Gasteiger charge is 2.30. The van der Waals surface area contributed by atoms with Crippen LogP contribution in [-0.4, -0.2) is 33.1 Å². The quantitative estimate of drug-likeness (QED) is 0.859. The fourth-order valence-electron chi connectivity index (χ4n) is 2.10. The summed E-state index contributed by atoms with van der Waals surface area (Å²) < 4.78 is 28.0.